The predicted octanol–water partition coefficient (Wildman–Crippen LogP) is 3.53. The first kappa shape index (κ1) is 8.52. The maximum absolute atomic E-state index is 6.04. The van der Waals surface area contributed by atoms with Gasteiger partial charge in [0.1, 0.15) is 0 Å². The van der Waals surface area contributed by atoms with Crippen LogP contribution in [0.4, 0.5) is 0 Å². The number of pyridine rings is 1. The highest BCUT2D eigenvalue weighted by Crippen LogP contribution is 2.25. The molecule has 0 aliphatic carbocycles. The Morgan fingerprint density at radius 3 is 2.77 bits per heavy atom. The van der Waals surface area contributed by atoms with Crippen LogP contribution in [-0.4, -0.2) is 4.98 Å². The van der Waals surface area contributed by atoms with Gasteiger partial charge >= 0.3 is 0 Å². The Bertz CT molecular complexity index is 418. The lowest BCUT2D eigenvalue weighted by molar-refractivity contribution is 1.09. The molecule has 1 unspecified atom stereocenters. The quantitative estimate of drug-likeness (QED) is 0.629. The third-order valence-electron chi connectivity index (χ3n) is 2.09. The van der Waals surface area contributed by atoms with Crippen LogP contribution in [0, 0.1) is 0 Å². The molecule has 0 N–H and O–H groups in total. The van der Waals surface area contributed by atoms with Crippen molar-refractivity contribution in [3.8, 4) is 0 Å². The van der Waals surface area contributed by atoms with Gasteiger partial charge in [-0.2, -0.15) is 0 Å². The maximum atomic E-state index is 6.04. The Kier molecular flexibility index (Phi) is 2.19. The average molecular weight is 192 g/mol. The summed E-state index contributed by atoms with van der Waals surface area (Å²) in [6.07, 6.45) is 1.80. The molecule has 0 aliphatic rings. The lowest BCUT2D eigenvalue weighted by Crippen LogP contribution is -1.88. The van der Waals surface area contributed by atoms with Crippen LogP contribution < -0.4 is 0 Å². The molecule has 0 amide bonds. The molecule has 1 nitrogen and oxygen atoms in total. The van der Waals surface area contributed by atoms with Crippen molar-refractivity contribution < 1.29 is 0 Å². The van der Waals surface area contributed by atoms with Crippen LogP contribution in [0.15, 0.2) is 36.5 Å². The highest BCUT2D eigenvalue weighted by molar-refractivity contribution is 6.21. The van der Waals surface area contributed by atoms with Crippen molar-refractivity contribution >= 4 is 22.5 Å². The predicted molar refractivity (Wildman–Crippen MR) is 56.0 cm³/mol. The van der Waals surface area contributed by atoms with Crippen LogP contribution in [0.2, 0.25) is 0 Å². The summed E-state index contributed by atoms with van der Waals surface area (Å²) in [7, 11) is 0. The molecule has 1 atom stereocenters. The van der Waals surface area contributed by atoms with Gasteiger partial charge in [-0.25, -0.2) is 0 Å². The van der Waals surface area contributed by atoms with E-state index in [0.29, 0.717) is 0 Å². The van der Waals surface area contributed by atoms with Gasteiger partial charge in [0.05, 0.1) is 10.9 Å². The molecule has 1 heterocycles. The fourth-order valence-electron chi connectivity index (χ4n) is 1.45. The highest BCUT2D eigenvalue weighted by atomic mass is 35.5. The topological polar surface area (TPSA) is 12.9 Å². The fraction of sp³-hybridized carbons (Fsp3) is 0.182. The molecule has 1 aromatic heterocycles. The van der Waals surface area contributed by atoms with Crippen LogP contribution >= 0.6 is 11.6 Å². The Morgan fingerprint density at radius 2 is 2.00 bits per heavy atom. The van der Waals surface area contributed by atoms with Crippen molar-refractivity contribution in [2.24, 2.45) is 0 Å². The number of benzene rings is 1. The highest BCUT2D eigenvalue weighted by Gasteiger charge is 2.05. The smallest absolute Gasteiger partial charge is 0.0748 e. The van der Waals surface area contributed by atoms with Crippen molar-refractivity contribution in [2.75, 3.05) is 0 Å². The monoisotopic (exact) mass is 191 g/mol. The van der Waals surface area contributed by atoms with Crippen molar-refractivity contribution in [3.63, 3.8) is 0 Å². The lowest BCUT2D eigenvalue weighted by atomic mass is 10.1. The van der Waals surface area contributed by atoms with Crippen LogP contribution in [0.1, 0.15) is 17.9 Å². The molecule has 2 heteroatoms. The normalized spacial score (nSPS) is 13.1. The van der Waals surface area contributed by atoms with Gasteiger partial charge in [-0.3, -0.25) is 4.98 Å². The summed E-state index contributed by atoms with van der Waals surface area (Å²) in [5.41, 5.74) is 2.10. The van der Waals surface area contributed by atoms with Crippen molar-refractivity contribution in [3.05, 3.63) is 42.1 Å². The number of rotatable bonds is 1. The van der Waals surface area contributed by atoms with Gasteiger partial charge in [0.15, 0.2) is 0 Å². The third kappa shape index (κ3) is 1.52. The fourth-order valence-corrected chi connectivity index (χ4v) is 1.62. The van der Waals surface area contributed by atoms with E-state index in [2.05, 4.69) is 4.98 Å². The minimum absolute atomic E-state index is 0.0126. The number of halogens is 1. The molecule has 13 heavy (non-hydrogen) atoms. The molecular formula is C11H10ClN. The Balaban J connectivity index is 2.76. The van der Waals surface area contributed by atoms with Gasteiger partial charge < -0.3 is 0 Å². The summed E-state index contributed by atoms with van der Waals surface area (Å²) in [4.78, 5) is 4.32. The molecule has 0 fully saturated rings. The molecule has 0 spiro atoms. The number of hydrogen-bond acceptors (Lipinski definition) is 1. The van der Waals surface area contributed by atoms with E-state index in [-0.39, 0.29) is 5.38 Å². The van der Waals surface area contributed by atoms with Gasteiger partial charge in [0.2, 0.25) is 0 Å². The molecule has 0 saturated heterocycles. The van der Waals surface area contributed by atoms with Crippen molar-refractivity contribution in [1.29, 1.82) is 0 Å². The standard InChI is InChI=1S/C11H10ClN/c1-8(12)10-6-2-4-9-5-3-7-13-11(9)10/h2-8H,1H3. The molecule has 66 valence electrons. The zero-order chi connectivity index (χ0) is 9.26. The Hall–Kier alpha value is -1.08. The van der Waals surface area contributed by atoms with Crippen molar-refractivity contribution in [2.45, 2.75) is 12.3 Å². The first-order valence-electron chi connectivity index (χ1n) is 4.27. The molecule has 2 aromatic rings. The van der Waals surface area contributed by atoms with E-state index in [1.807, 2.05) is 37.3 Å². The molecule has 1 aromatic carbocycles. The number of aromatic nitrogens is 1. The average Bonchev–Trinajstić information content (AvgIpc) is 2.17. The SMILES string of the molecule is CC(Cl)c1cccc2cccnc12. The second-order valence-electron chi connectivity index (χ2n) is 3.04. The first-order chi connectivity index (χ1) is 6.29. The molecule has 0 bridgehead atoms. The van der Waals surface area contributed by atoms with Gasteiger partial charge in [-0.1, -0.05) is 24.3 Å². The summed E-state index contributed by atoms with van der Waals surface area (Å²) in [5, 5.41) is 1.16. The number of para-hydroxylation sites is 1. The van der Waals surface area contributed by atoms with Crippen LogP contribution in [0.5, 0.6) is 0 Å². The zero-order valence-corrected chi connectivity index (χ0v) is 8.12. The summed E-state index contributed by atoms with van der Waals surface area (Å²) in [6, 6.07) is 10.1. The summed E-state index contributed by atoms with van der Waals surface area (Å²) in [5.74, 6) is 0. The number of fused-ring (bicyclic) bond motifs is 1. The van der Waals surface area contributed by atoms with Crippen LogP contribution in [-0.2, 0) is 0 Å². The third-order valence-corrected chi connectivity index (χ3v) is 2.33. The molecule has 2 rings (SSSR count). The zero-order valence-electron chi connectivity index (χ0n) is 7.37. The molecular weight excluding hydrogens is 182 g/mol. The van der Waals surface area contributed by atoms with Gasteiger partial charge in [-0.05, 0) is 18.6 Å². The van der Waals surface area contributed by atoms with E-state index in [9.17, 15) is 0 Å². The minimum atomic E-state index is 0.0126. The second-order valence-corrected chi connectivity index (χ2v) is 3.69. The van der Waals surface area contributed by atoms with Gasteiger partial charge in [0, 0.05) is 11.6 Å². The van der Waals surface area contributed by atoms with E-state index in [1.165, 1.54) is 0 Å². The second kappa shape index (κ2) is 3.35. The van der Waals surface area contributed by atoms with E-state index >= 15 is 0 Å². The van der Waals surface area contributed by atoms with E-state index in [4.69, 9.17) is 11.6 Å². The summed E-state index contributed by atoms with van der Waals surface area (Å²) in [6.45, 7) is 1.96. The number of alkyl halides is 1. The molecule has 0 aliphatic heterocycles. The first-order valence-corrected chi connectivity index (χ1v) is 4.70. The lowest BCUT2D eigenvalue weighted by Gasteiger charge is -2.06. The summed E-state index contributed by atoms with van der Waals surface area (Å²) >= 11 is 6.04. The van der Waals surface area contributed by atoms with E-state index in [1.54, 1.807) is 6.20 Å². The van der Waals surface area contributed by atoms with E-state index in [0.717, 1.165) is 16.5 Å². The summed E-state index contributed by atoms with van der Waals surface area (Å²) < 4.78 is 0. The molecule has 0 radical (unpaired) electrons. The van der Waals surface area contributed by atoms with Gasteiger partial charge in [0.25, 0.3) is 0 Å². The molecule has 0 saturated carbocycles. The number of nitrogens with zero attached hydrogens (tertiary/aromatic N) is 1. The minimum Gasteiger partial charge on any atom is -0.256 e. The maximum Gasteiger partial charge on any atom is 0.0748 e. The van der Waals surface area contributed by atoms with Crippen molar-refractivity contribution in [1.82, 2.24) is 4.98 Å². The van der Waals surface area contributed by atoms with E-state index < -0.39 is 0 Å². The Labute approximate surface area is 82.4 Å². The largest absolute Gasteiger partial charge is 0.256 e. The Morgan fingerprint density at radius 1 is 1.23 bits per heavy atom. The van der Waals surface area contributed by atoms with Crippen LogP contribution in [0.25, 0.3) is 10.9 Å². The van der Waals surface area contributed by atoms with Gasteiger partial charge in [-0.15, -0.1) is 11.6 Å². The van der Waals surface area contributed by atoms with Crippen LogP contribution in [0.3, 0.4) is 0 Å². The number of hydrogen-bond donors (Lipinski definition) is 0.